The molecular weight excluding hydrogens is 563 g/mol. The Morgan fingerprint density at radius 3 is 2.51 bits per heavy atom. The second-order valence-corrected chi connectivity index (χ2v) is 12.7. The number of ether oxygens (including phenoxy) is 1. The average Bonchev–Trinajstić information content (AvgIpc) is 3.35. The molecule has 2 atom stereocenters. The van der Waals surface area contributed by atoms with Gasteiger partial charge >= 0.3 is 6.18 Å². The predicted molar refractivity (Wildman–Crippen MR) is 149 cm³/mol. The number of carbonyl (C=O) groups excluding carboxylic acids is 1. The van der Waals surface area contributed by atoms with Gasteiger partial charge in [0, 0.05) is 36.1 Å². The standard InChI is InChI=1S/C26H36F3N7O4S/c1-36-11-9-17(10-12-36)32-24(37)16-7-8-21(22(13-16)40-2)34-25-30-14-18(26(27,28)29)23(35-25)33-20-6-4-5-19(20)31-15-41(3,38)39/h7-8,13-14,17,19-20,31H,4-6,9-12,15H2,1-3H3,(H,32,37)(H2,30,33,34,35)/t19-,20-/m1/s1. The van der Waals surface area contributed by atoms with E-state index >= 15 is 0 Å². The molecule has 1 aliphatic heterocycles. The molecule has 4 N–H and O–H groups in total. The Morgan fingerprint density at radius 1 is 1.15 bits per heavy atom. The van der Waals surface area contributed by atoms with Crippen LogP contribution in [0.4, 0.5) is 30.6 Å². The number of likely N-dealkylation sites (tertiary alicyclic amines) is 1. The molecule has 1 aliphatic carbocycles. The number of sulfone groups is 1. The van der Waals surface area contributed by atoms with Crippen LogP contribution in [0.25, 0.3) is 0 Å². The van der Waals surface area contributed by atoms with E-state index in [0.29, 0.717) is 42.5 Å². The summed E-state index contributed by atoms with van der Waals surface area (Å²) < 4.78 is 70.0. The Labute approximate surface area is 237 Å². The smallest absolute Gasteiger partial charge is 0.421 e. The number of rotatable bonds is 10. The summed E-state index contributed by atoms with van der Waals surface area (Å²) in [5, 5.41) is 11.7. The molecule has 1 aromatic carbocycles. The highest BCUT2D eigenvalue weighted by Gasteiger charge is 2.37. The molecule has 0 unspecified atom stereocenters. The molecule has 226 valence electrons. The van der Waals surface area contributed by atoms with Gasteiger partial charge in [-0.05, 0) is 70.4 Å². The summed E-state index contributed by atoms with van der Waals surface area (Å²) in [4.78, 5) is 23.0. The highest BCUT2D eigenvalue weighted by atomic mass is 32.2. The van der Waals surface area contributed by atoms with Gasteiger partial charge in [0.1, 0.15) is 17.1 Å². The third-order valence-corrected chi connectivity index (χ3v) is 7.99. The molecule has 0 spiro atoms. The Morgan fingerprint density at radius 2 is 1.85 bits per heavy atom. The van der Waals surface area contributed by atoms with E-state index in [2.05, 4.69) is 36.1 Å². The van der Waals surface area contributed by atoms with Gasteiger partial charge in [-0.2, -0.15) is 18.2 Å². The average molecular weight is 600 g/mol. The quantitative estimate of drug-likeness (QED) is 0.323. The van der Waals surface area contributed by atoms with Gasteiger partial charge in [-0.25, -0.2) is 13.4 Å². The molecule has 2 aromatic rings. The van der Waals surface area contributed by atoms with Crippen LogP contribution in [0, 0.1) is 0 Å². The summed E-state index contributed by atoms with van der Waals surface area (Å²) in [6, 6.07) is 4.00. The number of amides is 1. The van der Waals surface area contributed by atoms with Gasteiger partial charge < -0.3 is 25.6 Å². The number of carbonyl (C=O) groups is 1. The maximum Gasteiger partial charge on any atom is 0.421 e. The van der Waals surface area contributed by atoms with Crippen molar-refractivity contribution in [3.63, 3.8) is 0 Å². The van der Waals surface area contributed by atoms with Crippen LogP contribution < -0.4 is 26.0 Å². The number of halogens is 3. The van der Waals surface area contributed by atoms with E-state index in [4.69, 9.17) is 4.74 Å². The second kappa shape index (κ2) is 12.8. The number of nitrogens with zero attached hydrogens (tertiary/aromatic N) is 3. The maximum atomic E-state index is 13.8. The Balaban J connectivity index is 1.51. The SMILES string of the molecule is COc1cc(C(=O)NC2CCN(C)CC2)ccc1Nc1ncc(C(F)(F)F)c(N[C@@H]2CCC[C@H]2NCS(C)(=O)=O)n1. The normalized spacial score (nSPS) is 20.5. The number of piperidine rings is 1. The van der Waals surface area contributed by atoms with Crippen LogP contribution in [-0.2, 0) is 16.0 Å². The van der Waals surface area contributed by atoms with Crippen molar-refractivity contribution < 1.29 is 31.1 Å². The summed E-state index contributed by atoms with van der Waals surface area (Å²) in [7, 11) is 0.162. The highest BCUT2D eigenvalue weighted by molar-refractivity contribution is 7.90. The van der Waals surface area contributed by atoms with E-state index in [1.54, 1.807) is 18.2 Å². The number of hydrogen-bond donors (Lipinski definition) is 4. The van der Waals surface area contributed by atoms with Crippen molar-refractivity contribution in [3.05, 3.63) is 35.5 Å². The summed E-state index contributed by atoms with van der Waals surface area (Å²) in [5.41, 5.74) is -0.289. The van der Waals surface area contributed by atoms with Crippen LogP contribution in [0.3, 0.4) is 0 Å². The van der Waals surface area contributed by atoms with Gasteiger partial charge in [0.25, 0.3) is 5.91 Å². The van der Waals surface area contributed by atoms with Crippen molar-refractivity contribution in [3.8, 4) is 5.75 Å². The van der Waals surface area contributed by atoms with E-state index in [1.165, 1.54) is 7.11 Å². The molecule has 1 aromatic heterocycles. The van der Waals surface area contributed by atoms with Crippen molar-refractivity contribution in [2.45, 2.75) is 56.4 Å². The first-order chi connectivity index (χ1) is 19.3. The highest BCUT2D eigenvalue weighted by Crippen LogP contribution is 2.36. The second-order valence-electron chi connectivity index (χ2n) is 10.6. The molecule has 1 saturated carbocycles. The van der Waals surface area contributed by atoms with Crippen LogP contribution in [0.1, 0.15) is 48.0 Å². The molecule has 2 aliphatic rings. The van der Waals surface area contributed by atoms with Crippen molar-refractivity contribution in [2.75, 3.05) is 50.0 Å². The Hall–Kier alpha value is -3.17. The van der Waals surface area contributed by atoms with E-state index in [1.807, 2.05) is 7.05 Å². The molecule has 1 amide bonds. The third-order valence-electron chi connectivity index (χ3n) is 7.30. The molecule has 2 fully saturated rings. The fourth-order valence-corrected chi connectivity index (χ4v) is 5.57. The monoisotopic (exact) mass is 599 g/mol. The van der Waals surface area contributed by atoms with Gasteiger partial charge in [0.2, 0.25) is 5.95 Å². The lowest BCUT2D eigenvalue weighted by molar-refractivity contribution is -0.137. The molecule has 0 radical (unpaired) electrons. The summed E-state index contributed by atoms with van der Waals surface area (Å²) >= 11 is 0. The lowest BCUT2D eigenvalue weighted by Crippen LogP contribution is -2.43. The fourth-order valence-electron chi connectivity index (χ4n) is 5.05. The van der Waals surface area contributed by atoms with Crippen LogP contribution in [-0.4, -0.2) is 86.7 Å². The van der Waals surface area contributed by atoms with Gasteiger partial charge in [-0.3, -0.25) is 10.1 Å². The van der Waals surface area contributed by atoms with Crippen molar-refractivity contribution in [2.24, 2.45) is 0 Å². The molecule has 11 nitrogen and oxygen atoms in total. The van der Waals surface area contributed by atoms with Crippen LogP contribution in [0.5, 0.6) is 5.75 Å². The lowest BCUT2D eigenvalue weighted by Gasteiger charge is -2.29. The molecule has 41 heavy (non-hydrogen) atoms. The molecule has 0 bridgehead atoms. The van der Waals surface area contributed by atoms with Crippen molar-refractivity contribution in [1.29, 1.82) is 0 Å². The Kier molecular flexibility index (Phi) is 9.59. The fraction of sp³-hybridized carbons (Fsp3) is 0.577. The zero-order valence-corrected chi connectivity index (χ0v) is 24.0. The van der Waals surface area contributed by atoms with Gasteiger partial charge in [-0.1, -0.05) is 0 Å². The van der Waals surface area contributed by atoms with Crippen LogP contribution in [0.15, 0.2) is 24.4 Å². The van der Waals surface area contributed by atoms with Gasteiger partial charge in [0.05, 0.1) is 18.7 Å². The minimum atomic E-state index is -4.71. The number of anilines is 3. The first-order valence-electron chi connectivity index (χ1n) is 13.4. The van der Waals surface area contributed by atoms with Gasteiger partial charge in [-0.15, -0.1) is 0 Å². The van der Waals surface area contributed by atoms with E-state index in [9.17, 15) is 26.4 Å². The first-order valence-corrected chi connectivity index (χ1v) is 15.4. The van der Waals surface area contributed by atoms with Gasteiger partial charge in [0.15, 0.2) is 9.84 Å². The summed E-state index contributed by atoms with van der Waals surface area (Å²) in [6.07, 6.45) is 0.652. The summed E-state index contributed by atoms with van der Waals surface area (Å²) in [5.74, 6) is -0.746. The number of aromatic nitrogens is 2. The molecule has 4 rings (SSSR count). The third kappa shape index (κ3) is 8.42. The molecule has 2 heterocycles. The predicted octanol–water partition coefficient (Wildman–Crippen LogP) is 3.00. The van der Waals surface area contributed by atoms with E-state index in [-0.39, 0.29) is 29.8 Å². The lowest BCUT2D eigenvalue weighted by atomic mass is 10.0. The van der Waals surface area contributed by atoms with E-state index < -0.39 is 33.4 Å². The zero-order valence-electron chi connectivity index (χ0n) is 23.2. The zero-order chi connectivity index (χ0) is 29.8. The minimum absolute atomic E-state index is 0.0787. The minimum Gasteiger partial charge on any atom is -0.495 e. The number of benzene rings is 1. The number of nitrogens with one attached hydrogen (secondary N) is 4. The van der Waals surface area contributed by atoms with Crippen molar-refractivity contribution in [1.82, 2.24) is 25.5 Å². The van der Waals surface area contributed by atoms with E-state index in [0.717, 1.165) is 32.2 Å². The molecule has 1 saturated heterocycles. The first kappa shape index (κ1) is 30.8. The van der Waals surface area contributed by atoms with Crippen LogP contribution >= 0.6 is 0 Å². The topological polar surface area (TPSA) is 138 Å². The number of alkyl halides is 3. The van der Waals surface area contributed by atoms with Crippen LogP contribution in [0.2, 0.25) is 0 Å². The molecule has 15 heteroatoms. The summed E-state index contributed by atoms with van der Waals surface area (Å²) in [6.45, 7) is 1.80. The number of hydrogen-bond acceptors (Lipinski definition) is 10. The molecular formula is C26H36F3N7O4S. The Bertz CT molecular complexity index is 1330. The maximum absolute atomic E-state index is 13.8. The largest absolute Gasteiger partial charge is 0.495 e. The van der Waals surface area contributed by atoms with Crippen molar-refractivity contribution >= 4 is 33.2 Å². The number of methoxy groups -OCH3 is 1.